The molecule has 0 radical (unpaired) electrons. The van der Waals surface area contributed by atoms with Gasteiger partial charge in [-0.3, -0.25) is 9.59 Å². The van der Waals surface area contributed by atoms with Crippen molar-refractivity contribution in [2.75, 3.05) is 7.11 Å². The molecule has 33 heavy (non-hydrogen) atoms. The lowest BCUT2D eigenvalue weighted by Gasteiger charge is -2.31. The number of esters is 1. The van der Waals surface area contributed by atoms with Crippen LogP contribution in [0.3, 0.4) is 0 Å². The van der Waals surface area contributed by atoms with Gasteiger partial charge >= 0.3 is 5.97 Å². The van der Waals surface area contributed by atoms with E-state index in [0.717, 1.165) is 16.5 Å². The van der Waals surface area contributed by atoms with Crippen molar-refractivity contribution >= 4 is 28.7 Å². The van der Waals surface area contributed by atoms with E-state index in [1.54, 1.807) is 30.7 Å². The van der Waals surface area contributed by atoms with Crippen LogP contribution in [0.1, 0.15) is 42.5 Å². The molecule has 1 N–H and O–H groups in total. The van der Waals surface area contributed by atoms with E-state index in [4.69, 9.17) is 14.5 Å². The summed E-state index contributed by atoms with van der Waals surface area (Å²) in [5.41, 5.74) is 1.81. The molecule has 3 aromatic rings. The molecule has 0 amide bonds. The molecule has 0 saturated carbocycles. The van der Waals surface area contributed by atoms with E-state index in [0.29, 0.717) is 29.2 Å². The molecule has 2 aromatic heterocycles. The number of ketones is 1. The van der Waals surface area contributed by atoms with Gasteiger partial charge in [-0.05, 0) is 49.8 Å². The van der Waals surface area contributed by atoms with Gasteiger partial charge in [0.25, 0.3) is 5.56 Å². The van der Waals surface area contributed by atoms with E-state index >= 15 is 0 Å². The van der Waals surface area contributed by atoms with Gasteiger partial charge in [0.2, 0.25) is 0 Å². The molecular formula is C25H22N2O6. The summed E-state index contributed by atoms with van der Waals surface area (Å²) >= 11 is 0. The third-order valence-electron chi connectivity index (χ3n) is 6.37. The molecule has 2 aliphatic heterocycles. The van der Waals surface area contributed by atoms with Crippen molar-refractivity contribution in [2.24, 2.45) is 0 Å². The van der Waals surface area contributed by atoms with Crippen LogP contribution in [0.5, 0.6) is 5.75 Å². The number of aliphatic hydroxyl groups is 1. The van der Waals surface area contributed by atoms with Gasteiger partial charge in [0.1, 0.15) is 12.4 Å². The van der Waals surface area contributed by atoms with Gasteiger partial charge in [0.15, 0.2) is 11.4 Å². The van der Waals surface area contributed by atoms with Crippen LogP contribution in [0.2, 0.25) is 0 Å². The summed E-state index contributed by atoms with van der Waals surface area (Å²) in [6, 6.07) is 7.27. The predicted octanol–water partition coefficient (Wildman–Crippen LogP) is 2.69. The Morgan fingerprint density at radius 1 is 1.33 bits per heavy atom. The van der Waals surface area contributed by atoms with Crippen molar-refractivity contribution in [1.29, 1.82) is 0 Å². The fourth-order valence-corrected chi connectivity index (χ4v) is 4.61. The number of allylic oxidation sites excluding steroid dienone is 1. The van der Waals surface area contributed by atoms with E-state index in [-0.39, 0.29) is 35.5 Å². The van der Waals surface area contributed by atoms with E-state index in [1.165, 1.54) is 13.0 Å². The molecule has 0 fully saturated rings. The fourth-order valence-electron chi connectivity index (χ4n) is 4.61. The Kier molecular flexibility index (Phi) is 4.72. The minimum Gasteiger partial charge on any atom is -0.495 e. The number of fused-ring (bicyclic) bond motifs is 5. The van der Waals surface area contributed by atoms with Crippen molar-refractivity contribution in [1.82, 2.24) is 9.55 Å². The Balaban J connectivity index is 1.72. The first-order valence-electron chi connectivity index (χ1n) is 10.6. The van der Waals surface area contributed by atoms with Gasteiger partial charge in [0, 0.05) is 22.1 Å². The summed E-state index contributed by atoms with van der Waals surface area (Å²) in [7, 11) is 1.56. The number of benzene rings is 1. The maximum atomic E-state index is 13.3. The Morgan fingerprint density at radius 3 is 2.82 bits per heavy atom. The molecule has 1 aromatic carbocycles. The lowest BCUT2D eigenvalue weighted by atomic mass is 9.86. The highest BCUT2D eigenvalue weighted by molar-refractivity contribution is 5.96. The number of hydrogen-bond acceptors (Lipinski definition) is 7. The van der Waals surface area contributed by atoms with Gasteiger partial charge in [0.05, 0.1) is 36.1 Å². The number of rotatable bonds is 4. The predicted molar refractivity (Wildman–Crippen MR) is 121 cm³/mol. The first-order valence-corrected chi connectivity index (χ1v) is 10.6. The first-order chi connectivity index (χ1) is 15.8. The van der Waals surface area contributed by atoms with Crippen LogP contribution in [0.4, 0.5) is 0 Å². The first kappa shape index (κ1) is 21.1. The van der Waals surface area contributed by atoms with Crippen LogP contribution in [0.25, 0.3) is 28.4 Å². The third kappa shape index (κ3) is 3.01. The van der Waals surface area contributed by atoms with E-state index in [9.17, 15) is 19.5 Å². The second kappa shape index (κ2) is 7.38. The lowest BCUT2D eigenvalue weighted by Crippen LogP contribution is -2.44. The van der Waals surface area contributed by atoms with Crippen molar-refractivity contribution in [3.8, 4) is 17.1 Å². The van der Waals surface area contributed by atoms with Gasteiger partial charge < -0.3 is 19.1 Å². The Hall–Kier alpha value is -3.78. The van der Waals surface area contributed by atoms with Crippen molar-refractivity contribution in [2.45, 2.75) is 39.0 Å². The summed E-state index contributed by atoms with van der Waals surface area (Å²) in [5.74, 6) is -0.234. The average Bonchev–Trinajstić information content (AvgIpc) is 3.16. The Labute approximate surface area is 189 Å². The van der Waals surface area contributed by atoms with Crippen molar-refractivity contribution in [3.05, 3.63) is 62.9 Å². The highest BCUT2D eigenvalue weighted by atomic mass is 16.6. The van der Waals surface area contributed by atoms with E-state index in [1.807, 2.05) is 18.2 Å². The van der Waals surface area contributed by atoms with E-state index in [2.05, 4.69) is 0 Å². The second-order valence-corrected chi connectivity index (χ2v) is 8.30. The zero-order valence-corrected chi connectivity index (χ0v) is 18.5. The van der Waals surface area contributed by atoms with Crippen LogP contribution in [0.15, 0.2) is 35.1 Å². The standard InChI is InChI=1S/C25H22N2O6/c1-4-25(31)18-10-20-21-15(11-27(20)23(29)17(18)12-33-24(25)30)9-16-19(26-21)8-7-14(22(16)32-3)6-5-13(2)28/h5-10,31H,4,11-12H2,1-3H3/b6-5+/t25-/m0/s1. The van der Waals surface area contributed by atoms with Crippen LogP contribution >= 0.6 is 0 Å². The summed E-state index contributed by atoms with van der Waals surface area (Å²) in [6.07, 6.45) is 3.26. The zero-order valence-electron chi connectivity index (χ0n) is 18.5. The fraction of sp³-hybridized carbons (Fsp3) is 0.280. The van der Waals surface area contributed by atoms with Gasteiger partial charge in [-0.25, -0.2) is 9.78 Å². The van der Waals surface area contributed by atoms with E-state index < -0.39 is 11.6 Å². The molecule has 8 heteroatoms. The molecule has 0 aliphatic carbocycles. The zero-order chi connectivity index (χ0) is 23.5. The monoisotopic (exact) mass is 446 g/mol. The highest BCUT2D eigenvalue weighted by Gasteiger charge is 2.45. The normalized spacial score (nSPS) is 18.7. The second-order valence-electron chi connectivity index (χ2n) is 8.30. The molecule has 4 heterocycles. The third-order valence-corrected chi connectivity index (χ3v) is 6.37. The number of aromatic nitrogens is 2. The molecule has 168 valence electrons. The molecule has 8 nitrogen and oxygen atoms in total. The smallest absolute Gasteiger partial charge is 0.343 e. The SMILES string of the molecule is CC[C@@]1(O)C(=O)OCc2c1cc1n(c2=O)Cc2cc3c(OC)c(/C=C/C(C)=O)ccc3nc2-1. The number of carbonyl (C=O) groups is 2. The highest BCUT2D eigenvalue weighted by Crippen LogP contribution is 2.40. The Morgan fingerprint density at radius 2 is 2.12 bits per heavy atom. The maximum absolute atomic E-state index is 13.3. The molecule has 1 atom stereocenters. The largest absolute Gasteiger partial charge is 0.495 e. The number of carbonyl (C=O) groups excluding carboxylic acids is 2. The summed E-state index contributed by atoms with van der Waals surface area (Å²) in [4.78, 5) is 41.7. The molecule has 5 rings (SSSR count). The number of cyclic esters (lactones) is 1. The molecular weight excluding hydrogens is 424 g/mol. The van der Waals surface area contributed by atoms with Crippen molar-refractivity contribution < 1.29 is 24.2 Å². The average molecular weight is 446 g/mol. The van der Waals surface area contributed by atoms with Crippen LogP contribution in [-0.2, 0) is 33.1 Å². The number of methoxy groups -OCH3 is 1. The van der Waals surface area contributed by atoms with Crippen LogP contribution in [-0.4, -0.2) is 33.5 Å². The topological polar surface area (TPSA) is 108 Å². The minimum absolute atomic E-state index is 0.0717. The van der Waals surface area contributed by atoms with Crippen LogP contribution < -0.4 is 10.3 Å². The van der Waals surface area contributed by atoms with Gasteiger partial charge in [-0.2, -0.15) is 0 Å². The summed E-state index contributed by atoms with van der Waals surface area (Å²) < 4.78 is 12.3. The number of nitrogens with zero attached hydrogens (tertiary/aromatic N) is 2. The van der Waals surface area contributed by atoms with Crippen LogP contribution in [0, 0.1) is 0 Å². The number of hydrogen-bond donors (Lipinski definition) is 1. The Bertz CT molecular complexity index is 1450. The molecule has 0 saturated heterocycles. The maximum Gasteiger partial charge on any atom is 0.343 e. The van der Waals surface area contributed by atoms with Crippen molar-refractivity contribution in [3.63, 3.8) is 0 Å². The number of pyridine rings is 2. The molecule has 0 unspecified atom stereocenters. The number of ether oxygens (including phenoxy) is 2. The summed E-state index contributed by atoms with van der Waals surface area (Å²) in [5, 5.41) is 11.7. The summed E-state index contributed by atoms with van der Waals surface area (Å²) in [6.45, 7) is 3.28. The molecule has 2 aliphatic rings. The van der Waals surface area contributed by atoms with Gasteiger partial charge in [-0.15, -0.1) is 0 Å². The molecule has 0 bridgehead atoms. The quantitative estimate of drug-likeness (QED) is 0.379. The molecule has 0 spiro atoms. The van der Waals surface area contributed by atoms with Gasteiger partial charge in [-0.1, -0.05) is 6.92 Å². The minimum atomic E-state index is -1.86. The lowest BCUT2D eigenvalue weighted by molar-refractivity contribution is -0.172.